The SMILES string of the molecule is Cn1c(C2CN(Cc3ccc(-c4ccccc4)cc3)C2)n[nH]c1=O. The Hall–Kier alpha value is -2.66. The predicted molar refractivity (Wildman–Crippen MR) is 93.7 cm³/mol. The molecule has 2 heterocycles. The molecule has 122 valence electrons. The molecule has 0 amide bonds. The van der Waals surface area contributed by atoms with Gasteiger partial charge in [-0.2, -0.15) is 5.10 Å². The van der Waals surface area contributed by atoms with Crippen LogP contribution in [0.5, 0.6) is 0 Å². The molecule has 0 unspecified atom stereocenters. The Kier molecular flexibility index (Phi) is 3.78. The third-order valence-corrected chi connectivity index (χ3v) is 4.70. The van der Waals surface area contributed by atoms with Gasteiger partial charge < -0.3 is 0 Å². The second-order valence-corrected chi connectivity index (χ2v) is 6.40. The van der Waals surface area contributed by atoms with Crippen LogP contribution in [0.25, 0.3) is 11.1 Å². The molecule has 1 aromatic heterocycles. The summed E-state index contributed by atoms with van der Waals surface area (Å²) in [4.78, 5) is 13.8. The van der Waals surface area contributed by atoms with Crippen molar-refractivity contribution in [1.82, 2.24) is 19.7 Å². The normalized spacial score (nSPS) is 15.4. The third-order valence-electron chi connectivity index (χ3n) is 4.70. The highest BCUT2D eigenvalue weighted by Gasteiger charge is 2.31. The van der Waals surface area contributed by atoms with Crippen molar-refractivity contribution >= 4 is 0 Å². The second kappa shape index (κ2) is 6.09. The maximum Gasteiger partial charge on any atom is 0.343 e. The van der Waals surface area contributed by atoms with Crippen LogP contribution < -0.4 is 5.69 Å². The van der Waals surface area contributed by atoms with E-state index >= 15 is 0 Å². The first-order valence-corrected chi connectivity index (χ1v) is 8.19. The van der Waals surface area contributed by atoms with Crippen LogP contribution in [-0.4, -0.2) is 32.8 Å². The maximum atomic E-state index is 11.4. The van der Waals surface area contributed by atoms with Crippen molar-refractivity contribution in [3.63, 3.8) is 0 Å². The second-order valence-electron chi connectivity index (χ2n) is 6.40. The lowest BCUT2D eigenvalue weighted by atomic mass is 9.97. The lowest BCUT2D eigenvalue weighted by molar-refractivity contribution is 0.132. The van der Waals surface area contributed by atoms with E-state index in [0.717, 1.165) is 25.5 Å². The minimum absolute atomic E-state index is 0.139. The van der Waals surface area contributed by atoms with Crippen molar-refractivity contribution in [2.24, 2.45) is 7.05 Å². The third kappa shape index (κ3) is 2.78. The number of nitrogens with zero attached hydrogens (tertiary/aromatic N) is 3. The average Bonchev–Trinajstić information content (AvgIpc) is 2.91. The Morgan fingerprint density at radius 2 is 1.71 bits per heavy atom. The Bertz CT molecular complexity index is 874. The Labute approximate surface area is 140 Å². The number of benzene rings is 2. The van der Waals surface area contributed by atoms with Gasteiger partial charge in [-0.3, -0.25) is 9.47 Å². The molecular formula is C19H20N4O. The Balaban J connectivity index is 1.37. The highest BCUT2D eigenvalue weighted by atomic mass is 16.1. The summed E-state index contributed by atoms with van der Waals surface area (Å²) < 4.78 is 1.61. The van der Waals surface area contributed by atoms with Crippen LogP contribution in [0.15, 0.2) is 59.4 Å². The van der Waals surface area contributed by atoms with Gasteiger partial charge in [0.1, 0.15) is 5.82 Å². The molecule has 2 aromatic carbocycles. The number of H-pyrrole nitrogens is 1. The first kappa shape index (κ1) is 14.9. The van der Waals surface area contributed by atoms with Crippen molar-refractivity contribution in [2.45, 2.75) is 12.5 Å². The smallest absolute Gasteiger partial charge is 0.298 e. The van der Waals surface area contributed by atoms with Crippen LogP contribution in [0.1, 0.15) is 17.3 Å². The van der Waals surface area contributed by atoms with Gasteiger partial charge in [0, 0.05) is 32.6 Å². The van der Waals surface area contributed by atoms with E-state index in [2.05, 4.69) is 63.6 Å². The van der Waals surface area contributed by atoms with Crippen molar-refractivity contribution in [1.29, 1.82) is 0 Å². The number of aromatic nitrogens is 3. The van der Waals surface area contributed by atoms with E-state index in [0.29, 0.717) is 5.92 Å². The van der Waals surface area contributed by atoms with Gasteiger partial charge in [-0.25, -0.2) is 9.89 Å². The molecule has 1 fully saturated rings. The fraction of sp³-hybridized carbons (Fsp3) is 0.263. The van der Waals surface area contributed by atoms with Gasteiger partial charge in [-0.1, -0.05) is 54.6 Å². The Morgan fingerprint density at radius 3 is 2.33 bits per heavy atom. The molecule has 0 bridgehead atoms. The molecule has 0 aliphatic carbocycles. The number of aromatic amines is 1. The number of nitrogens with one attached hydrogen (secondary N) is 1. The van der Waals surface area contributed by atoms with Gasteiger partial charge in [0.15, 0.2) is 0 Å². The molecule has 24 heavy (non-hydrogen) atoms. The van der Waals surface area contributed by atoms with E-state index in [1.807, 2.05) is 6.07 Å². The quantitative estimate of drug-likeness (QED) is 0.803. The summed E-state index contributed by atoms with van der Waals surface area (Å²) in [5.41, 5.74) is 3.66. The van der Waals surface area contributed by atoms with Crippen molar-refractivity contribution in [3.8, 4) is 11.1 Å². The molecule has 0 atom stereocenters. The molecule has 1 saturated heterocycles. The average molecular weight is 320 g/mol. The molecular weight excluding hydrogens is 300 g/mol. The summed E-state index contributed by atoms with van der Waals surface area (Å²) in [6, 6.07) is 19.2. The van der Waals surface area contributed by atoms with Crippen molar-refractivity contribution in [3.05, 3.63) is 76.5 Å². The molecule has 0 radical (unpaired) electrons. The zero-order chi connectivity index (χ0) is 16.5. The largest absolute Gasteiger partial charge is 0.343 e. The van der Waals surface area contributed by atoms with Gasteiger partial charge in [0.2, 0.25) is 0 Å². The van der Waals surface area contributed by atoms with E-state index in [1.54, 1.807) is 11.6 Å². The fourth-order valence-corrected chi connectivity index (χ4v) is 3.28. The zero-order valence-corrected chi connectivity index (χ0v) is 13.6. The van der Waals surface area contributed by atoms with E-state index in [1.165, 1.54) is 16.7 Å². The minimum atomic E-state index is -0.139. The van der Waals surface area contributed by atoms with Crippen LogP contribution in [0.2, 0.25) is 0 Å². The van der Waals surface area contributed by atoms with Gasteiger partial charge in [0.25, 0.3) is 0 Å². The van der Waals surface area contributed by atoms with Crippen molar-refractivity contribution in [2.75, 3.05) is 13.1 Å². The van der Waals surface area contributed by atoms with Gasteiger partial charge in [-0.15, -0.1) is 0 Å². The van der Waals surface area contributed by atoms with Crippen LogP contribution in [0.3, 0.4) is 0 Å². The van der Waals surface area contributed by atoms with Crippen LogP contribution in [-0.2, 0) is 13.6 Å². The minimum Gasteiger partial charge on any atom is -0.298 e. The number of rotatable bonds is 4. The molecule has 0 spiro atoms. The van der Waals surface area contributed by atoms with E-state index < -0.39 is 0 Å². The van der Waals surface area contributed by atoms with Crippen LogP contribution in [0, 0.1) is 0 Å². The van der Waals surface area contributed by atoms with E-state index in [-0.39, 0.29) is 5.69 Å². The highest BCUT2D eigenvalue weighted by Crippen LogP contribution is 2.26. The highest BCUT2D eigenvalue weighted by molar-refractivity contribution is 5.63. The molecule has 0 saturated carbocycles. The van der Waals surface area contributed by atoms with Crippen molar-refractivity contribution < 1.29 is 0 Å². The number of hydrogen-bond donors (Lipinski definition) is 1. The summed E-state index contributed by atoms with van der Waals surface area (Å²) >= 11 is 0. The van der Waals surface area contributed by atoms with E-state index in [9.17, 15) is 4.79 Å². The monoisotopic (exact) mass is 320 g/mol. The van der Waals surface area contributed by atoms with E-state index in [4.69, 9.17) is 0 Å². The molecule has 1 N–H and O–H groups in total. The molecule has 4 rings (SSSR count). The van der Waals surface area contributed by atoms with Crippen LogP contribution >= 0.6 is 0 Å². The first-order chi connectivity index (χ1) is 11.7. The molecule has 3 aromatic rings. The van der Waals surface area contributed by atoms with Gasteiger partial charge >= 0.3 is 5.69 Å². The van der Waals surface area contributed by atoms with Gasteiger partial charge in [0.05, 0.1) is 0 Å². The predicted octanol–water partition coefficient (Wildman–Crippen LogP) is 2.37. The summed E-state index contributed by atoms with van der Waals surface area (Å²) in [7, 11) is 1.77. The standard InChI is InChI=1S/C19H20N4O/c1-22-18(20-21-19(22)24)17-12-23(13-17)11-14-7-9-16(10-8-14)15-5-3-2-4-6-15/h2-10,17H,11-13H2,1H3,(H,21,24). The maximum absolute atomic E-state index is 11.4. The topological polar surface area (TPSA) is 53.9 Å². The number of hydrogen-bond acceptors (Lipinski definition) is 3. The summed E-state index contributed by atoms with van der Waals surface area (Å²) in [5.74, 6) is 1.20. The summed E-state index contributed by atoms with van der Waals surface area (Å²) in [5, 5.41) is 6.63. The summed E-state index contributed by atoms with van der Waals surface area (Å²) in [6.07, 6.45) is 0. The molecule has 5 nitrogen and oxygen atoms in total. The lowest BCUT2D eigenvalue weighted by Crippen LogP contribution is -2.45. The fourth-order valence-electron chi connectivity index (χ4n) is 3.28. The number of likely N-dealkylation sites (tertiary alicyclic amines) is 1. The molecule has 5 heteroatoms. The lowest BCUT2D eigenvalue weighted by Gasteiger charge is -2.38. The molecule has 1 aliphatic heterocycles. The molecule has 1 aliphatic rings. The first-order valence-electron chi connectivity index (χ1n) is 8.19. The zero-order valence-electron chi connectivity index (χ0n) is 13.6. The van der Waals surface area contributed by atoms with Gasteiger partial charge in [-0.05, 0) is 16.7 Å². The summed E-state index contributed by atoms with van der Waals surface area (Å²) in [6.45, 7) is 2.82. The van der Waals surface area contributed by atoms with Crippen LogP contribution in [0.4, 0.5) is 0 Å². The Morgan fingerprint density at radius 1 is 1.04 bits per heavy atom.